The number of aryl methyl sites for hydroxylation is 1. The van der Waals surface area contributed by atoms with Crippen molar-refractivity contribution >= 4 is 17.4 Å². The third-order valence-electron chi connectivity index (χ3n) is 4.96. The Kier molecular flexibility index (Phi) is 8.34. The van der Waals surface area contributed by atoms with Gasteiger partial charge in [-0.1, -0.05) is 40.6 Å². The van der Waals surface area contributed by atoms with E-state index in [1.807, 2.05) is 31.2 Å². The second-order valence-electron chi connectivity index (χ2n) is 7.22. The Hall–Kier alpha value is -4.20. The molecule has 0 bridgehead atoms. The molecule has 8 heteroatoms. The Labute approximate surface area is 197 Å². The molecular weight excluding hydrogens is 439 g/mol. The molecule has 0 amide bonds. The molecule has 3 aromatic carbocycles. The van der Waals surface area contributed by atoms with Crippen LogP contribution in [0.15, 0.2) is 77.0 Å². The van der Waals surface area contributed by atoms with Crippen molar-refractivity contribution in [3.05, 3.63) is 94.8 Å². The van der Waals surface area contributed by atoms with E-state index in [0.29, 0.717) is 28.3 Å². The Bertz CT molecular complexity index is 1210. The number of ether oxygens (including phenoxy) is 2. The highest BCUT2D eigenvalue weighted by Gasteiger charge is 2.20. The molecule has 176 valence electrons. The largest absolute Gasteiger partial charge is 0.464 e. The molecule has 0 aliphatic carbocycles. The zero-order valence-electron chi connectivity index (χ0n) is 19.4. The van der Waals surface area contributed by atoms with Crippen LogP contribution in [0.2, 0.25) is 0 Å². The van der Waals surface area contributed by atoms with Crippen molar-refractivity contribution < 1.29 is 28.3 Å². The van der Waals surface area contributed by atoms with Gasteiger partial charge in [0.15, 0.2) is 5.71 Å². The van der Waals surface area contributed by atoms with Gasteiger partial charge in [-0.25, -0.2) is 9.18 Å². The SMILES string of the molecule is CO/N=C(/C(=O)OC)c1cccc(C)c1CO/N=C(\C)c1ccccc1Oc1ccc(F)cc1. The van der Waals surface area contributed by atoms with E-state index in [0.717, 1.165) is 11.1 Å². The quantitative estimate of drug-likeness (QED) is 0.241. The minimum atomic E-state index is -0.625. The summed E-state index contributed by atoms with van der Waals surface area (Å²) in [6.45, 7) is 3.77. The normalized spacial score (nSPS) is 11.7. The first-order valence-corrected chi connectivity index (χ1v) is 10.4. The second kappa shape index (κ2) is 11.6. The van der Waals surface area contributed by atoms with Gasteiger partial charge in [0.25, 0.3) is 0 Å². The number of halogens is 1. The molecule has 34 heavy (non-hydrogen) atoms. The summed E-state index contributed by atoms with van der Waals surface area (Å²) in [5.74, 6) is 0.0872. The molecule has 3 rings (SSSR count). The molecule has 0 N–H and O–H groups in total. The van der Waals surface area contributed by atoms with Gasteiger partial charge < -0.3 is 19.1 Å². The van der Waals surface area contributed by atoms with Gasteiger partial charge in [0, 0.05) is 16.7 Å². The molecular formula is C26H25FN2O5. The Morgan fingerprint density at radius 1 is 0.912 bits per heavy atom. The van der Waals surface area contributed by atoms with E-state index >= 15 is 0 Å². The summed E-state index contributed by atoms with van der Waals surface area (Å²) in [5, 5.41) is 8.07. The molecule has 0 aromatic heterocycles. The molecule has 0 saturated heterocycles. The van der Waals surface area contributed by atoms with E-state index in [1.165, 1.54) is 26.4 Å². The van der Waals surface area contributed by atoms with Gasteiger partial charge in [0.05, 0.1) is 12.8 Å². The summed E-state index contributed by atoms with van der Waals surface area (Å²) in [5.41, 5.74) is 3.46. The van der Waals surface area contributed by atoms with Crippen LogP contribution in [0.3, 0.4) is 0 Å². The van der Waals surface area contributed by atoms with E-state index < -0.39 is 5.97 Å². The van der Waals surface area contributed by atoms with E-state index in [1.54, 1.807) is 37.3 Å². The molecule has 0 unspecified atom stereocenters. The number of benzene rings is 3. The Balaban J connectivity index is 1.82. The lowest BCUT2D eigenvalue weighted by Gasteiger charge is -2.13. The third-order valence-corrected chi connectivity index (χ3v) is 4.96. The number of hydrogen-bond donors (Lipinski definition) is 0. The van der Waals surface area contributed by atoms with Crippen LogP contribution >= 0.6 is 0 Å². The Morgan fingerprint density at radius 3 is 2.32 bits per heavy atom. The molecule has 0 aliphatic rings. The van der Waals surface area contributed by atoms with Gasteiger partial charge in [-0.2, -0.15) is 0 Å². The first-order chi connectivity index (χ1) is 16.4. The molecule has 0 radical (unpaired) electrons. The predicted octanol–water partition coefficient (Wildman–Crippen LogP) is 5.39. The smallest absolute Gasteiger partial charge is 0.360 e. The van der Waals surface area contributed by atoms with E-state index in [9.17, 15) is 9.18 Å². The number of esters is 1. The third kappa shape index (κ3) is 5.98. The van der Waals surface area contributed by atoms with Crippen molar-refractivity contribution in [3.63, 3.8) is 0 Å². The monoisotopic (exact) mass is 464 g/mol. The first-order valence-electron chi connectivity index (χ1n) is 10.4. The lowest BCUT2D eigenvalue weighted by molar-refractivity contribution is -0.132. The average Bonchev–Trinajstić information content (AvgIpc) is 2.85. The lowest BCUT2D eigenvalue weighted by atomic mass is 9.99. The van der Waals surface area contributed by atoms with Crippen molar-refractivity contribution in [2.24, 2.45) is 10.3 Å². The molecule has 0 saturated carbocycles. The van der Waals surface area contributed by atoms with E-state index in [2.05, 4.69) is 10.3 Å². The molecule has 3 aromatic rings. The van der Waals surface area contributed by atoms with Crippen LogP contribution in [0.4, 0.5) is 4.39 Å². The molecule has 0 aliphatic heterocycles. The predicted molar refractivity (Wildman–Crippen MR) is 127 cm³/mol. The number of carbonyl (C=O) groups excluding carboxylic acids is 1. The lowest BCUT2D eigenvalue weighted by Crippen LogP contribution is -2.20. The highest BCUT2D eigenvalue weighted by atomic mass is 19.1. The van der Waals surface area contributed by atoms with Crippen molar-refractivity contribution in [2.45, 2.75) is 20.5 Å². The first kappa shape index (κ1) is 24.4. The number of oxime groups is 2. The van der Waals surface area contributed by atoms with Crippen LogP contribution < -0.4 is 4.74 Å². The topological polar surface area (TPSA) is 78.7 Å². The Morgan fingerprint density at radius 2 is 1.62 bits per heavy atom. The summed E-state index contributed by atoms with van der Waals surface area (Å²) >= 11 is 0. The van der Waals surface area contributed by atoms with Crippen LogP contribution in [0.25, 0.3) is 0 Å². The second-order valence-corrected chi connectivity index (χ2v) is 7.22. The van der Waals surface area contributed by atoms with Gasteiger partial charge in [-0.15, -0.1) is 0 Å². The standard InChI is InChI=1S/C26H25FN2O5/c1-17-8-7-10-22(25(29-32-4)26(30)31-3)23(17)16-33-28-18(2)21-9-5-6-11-24(21)34-20-14-12-19(27)13-15-20/h5-15H,16H2,1-4H3/b28-18+,29-25+. The maximum Gasteiger partial charge on any atom is 0.360 e. The van der Waals surface area contributed by atoms with Gasteiger partial charge in [0.2, 0.25) is 0 Å². The fourth-order valence-electron chi connectivity index (χ4n) is 3.23. The van der Waals surface area contributed by atoms with Gasteiger partial charge in [0.1, 0.15) is 31.0 Å². The number of methoxy groups -OCH3 is 1. The summed E-state index contributed by atoms with van der Waals surface area (Å²) < 4.78 is 23.9. The number of para-hydroxylation sites is 1. The van der Waals surface area contributed by atoms with Gasteiger partial charge in [-0.05, 0) is 55.8 Å². The highest BCUT2D eigenvalue weighted by molar-refractivity contribution is 6.43. The van der Waals surface area contributed by atoms with Crippen LogP contribution in [0.1, 0.15) is 29.2 Å². The molecule has 0 spiro atoms. The van der Waals surface area contributed by atoms with E-state index in [-0.39, 0.29) is 18.1 Å². The summed E-state index contributed by atoms with van der Waals surface area (Å²) in [6, 6.07) is 18.5. The van der Waals surface area contributed by atoms with Crippen LogP contribution in [0.5, 0.6) is 11.5 Å². The minimum Gasteiger partial charge on any atom is -0.464 e. The van der Waals surface area contributed by atoms with Crippen molar-refractivity contribution in [3.8, 4) is 11.5 Å². The average molecular weight is 464 g/mol. The van der Waals surface area contributed by atoms with Crippen LogP contribution in [0, 0.1) is 12.7 Å². The van der Waals surface area contributed by atoms with Gasteiger partial charge >= 0.3 is 5.97 Å². The molecule has 0 heterocycles. The summed E-state index contributed by atoms with van der Waals surface area (Å²) in [6.07, 6.45) is 0. The van der Waals surface area contributed by atoms with Crippen molar-refractivity contribution in [1.82, 2.24) is 0 Å². The fraction of sp³-hybridized carbons (Fsp3) is 0.192. The molecule has 0 fully saturated rings. The number of hydrogen-bond acceptors (Lipinski definition) is 7. The van der Waals surface area contributed by atoms with Gasteiger partial charge in [-0.3, -0.25) is 0 Å². The molecule has 7 nitrogen and oxygen atoms in total. The highest BCUT2D eigenvalue weighted by Crippen LogP contribution is 2.26. The summed E-state index contributed by atoms with van der Waals surface area (Å²) in [7, 11) is 2.63. The minimum absolute atomic E-state index is 0.0334. The number of rotatable bonds is 9. The zero-order chi connectivity index (χ0) is 24.5. The van der Waals surface area contributed by atoms with Crippen LogP contribution in [-0.4, -0.2) is 31.6 Å². The fourth-order valence-corrected chi connectivity index (χ4v) is 3.23. The molecule has 0 atom stereocenters. The van der Waals surface area contributed by atoms with E-state index in [4.69, 9.17) is 19.1 Å². The van der Waals surface area contributed by atoms with Crippen molar-refractivity contribution in [1.29, 1.82) is 0 Å². The zero-order valence-corrected chi connectivity index (χ0v) is 19.4. The van der Waals surface area contributed by atoms with Crippen molar-refractivity contribution in [2.75, 3.05) is 14.2 Å². The summed E-state index contributed by atoms with van der Waals surface area (Å²) in [4.78, 5) is 22.7. The number of nitrogens with zero attached hydrogens (tertiary/aromatic N) is 2. The maximum atomic E-state index is 13.2. The van der Waals surface area contributed by atoms with Crippen LogP contribution in [-0.2, 0) is 25.8 Å². The maximum absolute atomic E-state index is 13.2. The number of carbonyl (C=O) groups is 1.